The number of carbonyl (C=O) groups excluding carboxylic acids is 2. The third-order valence-electron chi connectivity index (χ3n) is 3.99. The fraction of sp³-hybridized carbons (Fsp3) is 0.333. The number of ether oxygens (including phenoxy) is 2. The van der Waals surface area contributed by atoms with Crippen LogP contribution in [0.5, 0.6) is 0 Å². The summed E-state index contributed by atoms with van der Waals surface area (Å²) in [5.41, 5.74) is -2.32. The molecule has 1 atom stereocenters. The minimum absolute atomic E-state index is 0.0143. The molecule has 0 saturated heterocycles. The van der Waals surface area contributed by atoms with Crippen molar-refractivity contribution in [3.05, 3.63) is 57.7 Å². The largest absolute Gasteiger partial charge is 0.463 e. The van der Waals surface area contributed by atoms with E-state index in [1.165, 1.54) is 20.8 Å². The Morgan fingerprint density at radius 2 is 1.36 bits per heavy atom. The normalized spacial score (nSPS) is 16.4. The van der Waals surface area contributed by atoms with Crippen molar-refractivity contribution in [3.8, 4) is 0 Å². The van der Waals surface area contributed by atoms with Gasteiger partial charge in [-0.05, 0) is 20.8 Å². The summed E-state index contributed by atoms with van der Waals surface area (Å²) in [6.07, 6.45) is 0.985. The molecule has 0 radical (unpaired) electrons. The van der Waals surface area contributed by atoms with Gasteiger partial charge in [0, 0.05) is 17.5 Å². The van der Waals surface area contributed by atoms with E-state index >= 15 is 0 Å². The first-order chi connectivity index (χ1) is 13.2. The molecule has 2 rings (SSSR count). The number of rotatable bonds is 5. The molecule has 0 bridgehead atoms. The van der Waals surface area contributed by atoms with Gasteiger partial charge in [0.25, 0.3) is 0 Å². The van der Waals surface area contributed by atoms with Crippen LogP contribution in [-0.4, -0.2) is 25.2 Å². The van der Waals surface area contributed by atoms with E-state index in [1.807, 2.05) is 0 Å². The number of nitrogens with one attached hydrogen (secondary N) is 1. The first kappa shape index (κ1) is 21.4. The third-order valence-corrected chi connectivity index (χ3v) is 3.99. The fourth-order valence-electron chi connectivity index (χ4n) is 2.77. The van der Waals surface area contributed by atoms with E-state index in [9.17, 15) is 31.5 Å². The molecule has 1 N–H and O–H groups in total. The van der Waals surface area contributed by atoms with Crippen LogP contribution in [0.2, 0.25) is 0 Å². The highest BCUT2D eigenvalue weighted by Crippen LogP contribution is 2.41. The Morgan fingerprint density at radius 1 is 0.893 bits per heavy atom. The van der Waals surface area contributed by atoms with Crippen molar-refractivity contribution in [2.75, 3.05) is 13.2 Å². The summed E-state index contributed by atoms with van der Waals surface area (Å²) in [4.78, 5) is 24.6. The molecule has 1 unspecified atom stereocenters. The zero-order valence-electron chi connectivity index (χ0n) is 15.1. The number of benzene rings is 1. The van der Waals surface area contributed by atoms with E-state index in [0.717, 1.165) is 6.20 Å². The van der Waals surface area contributed by atoms with Crippen molar-refractivity contribution in [2.45, 2.75) is 26.7 Å². The van der Waals surface area contributed by atoms with Crippen molar-refractivity contribution >= 4 is 11.9 Å². The van der Waals surface area contributed by atoms with Gasteiger partial charge in [-0.15, -0.1) is 0 Å². The number of hydrogen-bond donors (Lipinski definition) is 1. The predicted octanol–water partition coefficient (Wildman–Crippen LogP) is 3.35. The van der Waals surface area contributed by atoms with Crippen molar-refractivity contribution in [2.24, 2.45) is 0 Å². The Kier molecular flexibility index (Phi) is 6.42. The summed E-state index contributed by atoms with van der Waals surface area (Å²) in [6, 6.07) is 0. The topological polar surface area (TPSA) is 64.6 Å². The van der Waals surface area contributed by atoms with Crippen LogP contribution in [0.3, 0.4) is 0 Å². The second-order valence-corrected chi connectivity index (χ2v) is 5.64. The number of esters is 2. The highest BCUT2D eigenvalue weighted by Gasteiger charge is 2.41. The molecule has 10 heteroatoms. The van der Waals surface area contributed by atoms with Gasteiger partial charge in [0.15, 0.2) is 23.3 Å². The summed E-state index contributed by atoms with van der Waals surface area (Å²) >= 11 is 0. The lowest BCUT2D eigenvalue weighted by molar-refractivity contribution is -0.139. The van der Waals surface area contributed by atoms with Crippen LogP contribution < -0.4 is 5.32 Å². The lowest BCUT2D eigenvalue weighted by atomic mass is 9.81. The molecule has 1 aliphatic rings. The number of allylic oxidation sites excluding steroid dienone is 1. The molecule has 1 aliphatic heterocycles. The van der Waals surface area contributed by atoms with Gasteiger partial charge >= 0.3 is 11.9 Å². The van der Waals surface area contributed by atoms with Crippen LogP contribution in [0, 0.1) is 29.1 Å². The van der Waals surface area contributed by atoms with E-state index in [-0.39, 0.29) is 18.9 Å². The maximum atomic E-state index is 14.5. The SMILES string of the molecule is CCOC(=O)C1=CNC(C)=C(C(=O)OCC)C1c1c(F)c(F)c(F)c(F)c1F. The van der Waals surface area contributed by atoms with Gasteiger partial charge in [-0.25, -0.2) is 31.5 Å². The predicted molar refractivity (Wildman–Crippen MR) is 86.2 cm³/mol. The van der Waals surface area contributed by atoms with Crippen molar-refractivity contribution in [3.63, 3.8) is 0 Å². The van der Waals surface area contributed by atoms with E-state index in [4.69, 9.17) is 9.47 Å². The Morgan fingerprint density at radius 3 is 1.86 bits per heavy atom. The van der Waals surface area contributed by atoms with Gasteiger partial charge in [-0.3, -0.25) is 0 Å². The molecular weight excluding hydrogens is 389 g/mol. The average molecular weight is 405 g/mol. The second kappa shape index (κ2) is 8.41. The molecule has 1 heterocycles. The number of carbonyl (C=O) groups is 2. The Bertz CT molecular complexity index is 865. The zero-order chi connectivity index (χ0) is 21.2. The minimum Gasteiger partial charge on any atom is -0.463 e. The van der Waals surface area contributed by atoms with Crippen LogP contribution in [0.1, 0.15) is 32.3 Å². The van der Waals surface area contributed by atoms with Crippen LogP contribution in [0.25, 0.3) is 0 Å². The summed E-state index contributed by atoms with van der Waals surface area (Å²) in [5, 5.41) is 2.55. The molecule has 0 fully saturated rings. The zero-order valence-corrected chi connectivity index (χ0v) is 15.1. The van der Waals surface area contributed by atoms with E-state index in [2.05, 4.69) is 5.32 Å². The molecule has 28 heavy (non-hydrogen) atoms. The fourth-order valence-corrected chi connectivity index (χ4v) is 2.77. The molecule has 5 nitrogen and oxygen atoms in total. The Balaban J connectivity index is 2.81. The molecular formula is C18H16F5NO4. The standard InChI is InChI=1S/C18H16F5NO4/c1-4-27-17(25)8-6-24-7(3)9(18(26)28-5-2)10(8)11-12(19)14(21)16(23)15(22)13(11)20/h6,10,24H,4-5H2,1-3H3. The molecule has 0 aromatic heterocycles. The van der Waals surface area contributed by atoms with E-state index in [1.54, 1.807) is 0 Å². The highest BCUT2D eigenvalue weighted by atomic mass is 19.2. The molecule has 1 aromatic rings. The van der Waals surface area contributed by atoms with E-state index < -0.39 is 63.7 Å². The van der Waals surface area contributed by atoms with Gasteiger partial charge in [0.05, 0.1) is 30.3 Å². The second-order valence-electron chi connectivity index (χ2n) is 5.64. The van der Waals surface area contributed by atoms with Crippen molar-refractivity contribution < 1.29 is 41.0 Å². The maximum absolute atomic E-state index is 14.5. The highest BCUT2D eigenvalue weighted by molar-refractivity contribution is 5.99. The molecule has 0 aliphatic carbocycles. The summed E-state index contributed by atoms with van der Waals surface area (Å²) in [5.74, 6) is -15.2. The van der Waals surface area contributed by atoms with Gasteiger partial charge < -0.3 is 14.8 Å². The summed E-state index contributed by atoms with van der Waals surface area (Å²) in [6.45, 7) is 3.98. The van der Waals surface area contributed by atoms with Gasteiger partial charge in [-0.1, -0.05) is 0 Å². The van der Waals surface area contributed by atoms with Crippen molar-refractivity contribution in [1.82, 2.24) is 5.32 Å². The number of dihydropyridines is 1. The number of hydrogen-bond acceptors (Lipinski definition) is 5. The molecule has 152 valence electrons. The summed E-state index contributed by atoms with van der Waals surface area (Å²) < 4.78 is 79.5. The average Bonchev–Trinajstić information content (AvgIpc) is 2.65. The molecule has 0 amide bonds. The van der Waals surface area contributed by atoms with Crippen LogP contribution >= 0.6 is 0 Å². The summed E-state index contributed by atoms with van der Waals surface area (Å²) in [7, 11) is 0. The quantitative estimate of drug-likeness (QED) is 0.352. The van der Waals surface area contributed by atoms with Crippen molar-refractivity contribution in [1.29, 1.82) is 0 Å². The van der Waals surface area contributed by atoms with Crippen LogP contribution in [-0.2, 0) is 19.1 Å². The lowest BCUT2D eigenvalue weighted by Crippen LogP contribution is -2.31. The third kappa shape index (κ3) is 3.58. The molecule has 1 aromatic carbocycles. The maximum Gasteiger partial charge on any atom is 0.336 e. The van der Waals surface area contributed by atoms with Crippen LogP contribution in [0.4, 0.5) is 22.0 Å². The van der Waals surface area contributed by atoms with Gasteiger partial charge in [-0.2, -0.15) is 0 Å². The Labute approximate surface area is 156 Å². The molecule has 0 saturated carbocycles. The first-order valence-corrected chi connectivity index (χ1v) is 8.20. The van der Waals surface area contributed by atoms with Crippen LogP contribution in [0.15, 0.2) is 23.0 Å². The first-order valence-electron chi connectivity index (χ1n) is 8.20. The molecule has 0 spiro atoms. The minimum atomic E-state index is -2.35. The smallest absolute Gasteiger partial charge is 0.336 e. The lowest BCUT2D eigenvalue weighted by Gasteiger charge is -2.28. The van der Waals surface area contributed by atoms with Gasteiger partial charge in [0.1, 0.15) is 0 Å². The Hall–Kier alpha value is -2.91. The van der Waals surface area contributed by atoms with Gasteiger partial charge in [0.2, 0.25) is 5.82 Å². The van der Waals surface area contributed by atoms with E-state index in [0.29, 0.717) is 0 Å². The number of halogens is 5. The monoisotopic (exact) mass is 405 g/mol.